The Morgan fingerprint density at radius 3 is 2.24 bits per heavy atom. The van der Waals surface area contributed by atoms with Gasteiger partial charge in [0.05, 0.1) is 0 Å². The van der Waals surface area contributed by atoms with E-state index in [9.17, 15) is 0 Å². The number of likely N-dealkylation sites (tertiary alicyclic amines) is 2. The minimum atomic E-state index is 0.752. The lowest BCUT2D eigenvalue weighted by molar-refractivity contribution is 0.174. The van der Waals surface area contributed by atoms with Crippen LogP contribution in [0.3, 0.4) is 0 Å². The fraction of sp³-hybridized carbons (Fsp3) is 1.00. The van der Waals surface area contributed by atoms with Crippen molar-refractivity contribution in [1.29, 1.82) is 0 Å². The van der Waals surface area contributed by atoms with E-state index >= 15 is 0 Å². The normalized spacial score (nSPS) is 29.3. The van der Waals surface area contributed by atoms with Crippen LogP contribution in [0.25, 0.3) is 0 Å². The van der Waals surface area contributed by atoms with Crippen LogP contribution in [0, 0.1) is 5.92 Å². The lowest BCUT2D eigenvalue weighted by atomic mass is 10.0. The molecule has 100 valence electrons. The molecule has 2 aliphatic rings. The van der Waals surface area contributed by atoms with Gasteiger partial charge in [-0.2, -0.15) is 0 Å². The second kappa shape index (κ2) is 6.17. The first-order chi connectivity index (χ1) is 8.13. The van der Waals surface area contributed by atoms with Crippen LogP contribution >= 0.6 is 0 Å². The van der Waals surface area contributed by atoms with Gasteiger partial charge >= 0.3 is 0 Å². The number of nitrogens with one attached hydrogen (secondary N) is 1. The average molecular weight is 239 g/mol. The van der Waals surface area contributed by atoms with E-state index in [0.29, 0.717) is 0 Å². The van der Waals surface area contributed by atoms with E-state index in [0.717, 1.165) is 18.0 Å². The Balaban J connectivity index is 1.65. The molecular formula is C14H29N3. The third-order valence-electron chi connectivity index (χ3n) is 4.07. The highest BCUT2D eigenvalue weighted by molar-refractivity contribution is 4.85. The molecule has 0 radical (unpaired) electrons. The van der Waals surface area contributed by atoms with Crippen LogP contribution in [0.2, 0.25) is 0 Å². The summed E-state index contributed by atoms with van der Waals surface area (Å²) in [6.07, 6.45) is 4.02. The summed E-state index contributed by atoms with van der Waals surface area (Å²) in [5, 5.41) is 3.85. The highest BCUT2D eigenvalue weighted by atomic mass is 15.2. The Labute approximate surface area is 107 Å². The summed E-state index contributed by atoms with van der Waals surface area (Å²) in [4.78, 5) is 5.06. The number of likely N-dealkylation sites (N-methyl/N-ethyl adjacent to an activating group) is 1. The van der Waals surface area contributed by atoms with E-state index in [-0.39, 0.29) is 0 Å². The molecule has 0 aromatic rings. The lowest BCUT2D eigenvalue weighted by Crippen LogP contribution is -2.47. The molecule has 2 fully saturated rings. The number of hydrogen-bond donors (Lipinski definition) is 1. The van der Waals surface area contributed by atoms with E-state index in [4.69, 9.17) is 0 Å². The zero-order valence-corrected chi connectivity index (χ0v) is 11.8. The molecule has 3 heteroatoms. The smallest absolute Gasteiger partial charge is 0.0209 e. The molecule has 0 saturated carbocycles. The quantitative estimate of drug-likeness (QED) is 0.800. The van der Waals surface area contributed by atoms with Crippen molar-refractivity contribution in [2.75, 3.05) is 39.8 Å². The van der Waals surface area contributed by atoms with Gasteiger partial charge in [0, 0.05) is 25.2 Å². The third-order valence-corrected chi connectivity index (χ3v) is 4.07. The Bertz CT molecular complexity index is 222. The number of piperidine rings is 1. The van der Waals surface area contributed by atoms with Gasteiger partial charge in [-0.05, 0) is 51.9 Å². The number of nitrogens with zero attached hydrogens (tertiary/aromatic N) is 2. The monoisotopic (exact) mass is 239 g/mol. The van der Waals surface area contributed by atoms with Crippen molar-refractivity contribution in [3.8, 4) is 0 Å². The summed E-state index contributed by atoms with van der Waals surface area (Å²) in [6, 6.07) is 1.52. The first-order valence-corrected chi connectivity index (χ1v) is 7.30. The highest BCUT2D eigenvalue weighted by Gasteiger charge is 2.25. The van der Waals surface area contributed by atoms with Crippen molar-refractivity contribution >= 4 is 0 Å². The van der Waals surface area contributed by atoms with E-state index in [1.165, 1.54) is 52.0 Å². The summed E-state index contributed by atoms with van der Waals surface area (Å²) in [5.41, 5.74) is 0. The lowest BCUT2D eigenvalue weighted by Gasteiger charge is -2.34. The maximum absolute atomic E-state index is 3.85. The molecule has 1 N–H and O–H groups in total. The third kappa shape index (κ3) is 4.23. The van der Waals surface area contributed by atoms with Crippen molar-refractivity contribution in [1.82, 2.24) is 15.1 Å². The van der Waals surface area contributed by atoms with Gasteiger partial charge in [0.1, 0.15) is 0 Å². The second-order valence-electron chi connectivity index (χ2n) is 6.38. The molecule has 0 aliphatic carbocycles. The molecule has 0 bridgehead atoms. The largest absolute Gasteiger partial charge is 0.310 e. The molecule has 0 spiro atoms. The van der Waals surface area contributed by atoms with E-state index < -0.39 is 0 Å². The summed E-state index contributed by atoms with van der Waals surface area (Å²) >= 11 is 0. The number of rotatable bonds is 4. The summed E-state index contributed by atoms with van der Waals surface area (Å²) in [7, 11) is 2.23. The molecule has 3 nitrogen and oxygen atoms in total. The Kier molecular flexibility index (Phi) is 4.83. The molecule has 0 amide bonds. The van der Waals surface area contributed by atoms with Gasteiger partial charge in [-0.15, -0.1) is 0 Å². The van der Waals surface area contributed by atoms with Gasteiger partial charge in [-0.25, -0.2) is 0 Å². The molecule has 2 saturated heterocycles. The van der Waals surface area contributed by atoms with Crippen LogP contribution in [-0.4, -0.2) is 61.7 Å². The van der Waals surface area contributed by atoms with E-state index in [1.807, 2.05) is 0 Å². The summed E-state index contributed by atoms with van der Waals surface area (Å²) < 4.78 is 0. The topological polar surface area (TPSA) is 18.5 Å². The highest BCUT2D eigenvalue weighted by Crippen LogP contribution is 2.15. The standard InChI is InChI=1S/C14H29N3/c1-12(2)10-17-8-5-13(6-9-17)15-14-4-7-16(3)11-14/h12-15H,4-11H2,1-3H3. The molecule has 2 aliphatic heterocycles. The van der Waals surface area contributed by atoms with Crippen molar-refractivity contribution in [2.24, 2.45) is 5.92 Å². The van der Waals surface area contributed by atoms with Crippen LogP contribution in [0.1, 0.15) is 33.1 Å². The van der Waals surface area contributed by atoms with Crippen molar-refractivity contribution < 1.29 is 0 Å². The molecule has 1 unspecified atom stereocenters. The van der Waals surface area contributed by atoms with E-state index in [1.54, 1.807) is 0 Å². The molecular weight excluding hydrogens is 210 g/mol. The first-order valence-electron chi connectivity index (χ1n) is 7.30. The maximum atomic E-state index is 3.85. The number of hydrogen-bond acceptors (Lipinski definition) is 3. The van der Waals surface area contributed by atoms with Crippen LogP contribution in [0.4, 0.5) is 0 Å². The fourth-order valence-electron chi connectivity index (χ4n) is 3.20. The Hall–Kier alpha value is -0.120. The van der Waals surface area contributed by atoms with Crippen LogP contribution in [0.5, 0.6) is 0 Å². The van der Waals surface area contributed by atoms with Gasteiger partial charge < -0.3 is 15.1 Å². The van der Waals surface area contributed by atoms with Crippen LogP contribution < -0.4 is 5.32 Å². The van der Waals surface area contributed by atoms with E-state index in [2.05, 4.69) is 36.0 Å². The Morgan fingerprint density at radius 1 is 1.06 bits per heavy atom. The Morgan fingerprint density at radius 2 is 1.71 bits per heavy atom. The van der Waals surface area contributed by atoms with Crippen molar-refractivity contribution in [3.63, 3.8) is 0 Å². The minimum absolute atomic E-state index is 0.752. The zero-order valence-electron chi connectivity index (χ0n) is 11.8. The van der Waals surface area contributed by atoms with Crippen LogP contribution in [0.15, 0.2) is 0 Å². The molecule has 0 aromatic heterocycles. The van der Waals surface area contributed by atoms with Gasteiger partial charge in [0.15, 0.2) is 0 Å². The summed E-state index contributed by atoms with van der Waals surface area (Å²) in [6.45, 7) is 11.0. The van der Waals surface area contributed by atoms with Crippen molar-refractivity contribution in [3.05, 3.63) is 0 Å². The predicted octanol–water partition coefficient (Wildman–Crippen LogP) is 1.40. The van der Waals surface area contributed by atoms with Crippen LogP contribution in [-0.2, 0) is 0 Å². The molecule has 17 heavy (non-hydrogen) atoms. The molecule has 0 aromatic carbocycles. The van der Waals surface area contributed by atoms with Gasteiger partial charge in [-0.1, -0.05) is 13.8 Å². The predicted molar refractivity (Wildman–Crippen MR) is 73.3 cm³/mol. The maximum Gasteiger partial charge on any atom is 0.0209 e. The van der Waals surface area contributed by atoms with Crippen molar-refractivity contribution in [2.45, 2.75) is 45.2 Å². The first kappa shape index (κ1) is 13.3. The van der Waals surface area contributed by atoms with Gasteiger partial charge in [-0.3, -0.25) is 0 Å². The average Bonchev–Trinajstić information content (AvgIpc) is 2.66. The zero-order chi connectivity index (χ0) is 12.3. The molecule has 1 atom stereocenters. The fourth-order valence-corrected chi connectivity index (χ4v) is 3.20. The molecule has 2 rings (SSSR count). The SMILES string of the molecule is CC(C)CN1CCC(NC2CCN(C)C2)CC1. The minimum Gasteiger partial charge on any atom is -0.310 e. The second-order valence-corrected chi connectivity index (χ2v) is 6.38. The summed E-state index contributed by atoms with van der Waals surface area (Å²) in [5.74, 6) is 0.808. The van der Waals surface area contributed by atoms with Gasteiger partial charge in [0.2, 0.25) is 0 Å². The molecule has 2 heterocycles. The van der Waals surface area contributed by atoms with Gasteiger partial charge in [0.25, 0.3) is 0 Å².